The fourth-order valence-corrected chi connectivity index (χ4v) is 3.32. The first kappa shape index (κ1) is 20.1. The van der Waals surface area contributed by atoms with E-state index in [0.717, 1.165) is 0 Å². The van der Waals surface area contributed by atoms with E-state index in [1.165, 1.54) is 10.8 Å². The highest BCUT2D eigenvalue weighted by Gasteiger charge is 2.38. The van der Waals surface area contributed by atoms with Gasteiger partial charge >= 0.3 is 5.69 Å². The normalized spacial score (nSPS) is 24.7. The summed E-state index contributed by atoms with van der Waals surface area (Å²) in [5.41, 5.74) is -0.774. The Kier molecular flexibility index (Phi) is 5.74. The summed E-state index contributed by atoms with van der Waals surface area (Å²) in [6, 6.07) is 0. The molecule has 0 aliphatic carbocycles. The van der Waals surface area contributed by atoms with E-state index in [-0.39, 0.29) is 24.7 Å². The molecule has 25 heavy (non-hydrogen) atoms. The fourth-order valence-electron chi connectivity index (χ4n) is 2.37. The number of hydrogen-bond acceptors (Lipinski definition) is 6. The van der Waals surface area contributed by atoms with E-state index in [1.807, 2.05) is 0 Å². The monoisotopic (exact) mass is 372 g/mol. The Morgan fingerprint density at radius 2 is 2.04 bits per heavy atom. The van der Waals surface area contributed by atoms with Crippen LogP contribution in [0, 0.1) is 0 Å². The van der Waals surface area contributed by atoms with Crippen molar-refractivity contribution >= 4 is 8.32 Å². The summed E-state index contributed by atoms with van der Waals surface area (Å²) in [4.78, 5) is 26.5. The van der Waals surface area contributed by atoms with Crippen LogP contribution in [0.3, 0.4) is 0 Å². The molecule has 1 saturated heterocycles. The number of nitrogens with one attached hydrogen (secondary N) is 1. The average Bonchev–Trinajstić information content (AvgIpc) is 2.86. The number of aromatic nitrogens is 2. The van der Waals surface area contributed by atoms with Crippen LogP contribution in [0.15, 0.2) is 15.8 Å². The Morgan fingerprint density at radius 1 is 1.40 bits per heavy atom. The van der Waals surface area contributed by atoms with Crippen LogP contribution in [0.1, 0.15) is 39.0 Å². The minimum Gasteiger partial charge on any atom is -0.412 e. The van der Waals surface area contributed by atoms with Crippen molar-refractivity contribution in [3.63, 3.8) is 0 Å². The molecule has 0 bridgehead atoms. The minimum atomic E-state index is -2.05. The number of hydrogen-bond donors (Lipinski definition) is 3. The molecule has 0 radical (unpaired) electrons. The second-order valence-corrected chi connectivity index (χ2v) is 12.8. The van der Waals surface area contributed by atoms with Crippen LogP contribution in [-0.4, -0.2) is 46.9 Å². The van der Waals surface area contributed by atoms with Crippen molar-refractivity contribution in [2.24, 2.45) is 0 Å². The van der Waals surface area contributed by atoms with Crippen LogP contribution >= 0.6 is 0 Å². The molecule has 2 heterocycles. The summed E-state index contributed by atoms with van der Waals surface area (Å²) >= 11 is 0. The number of aliphatic hydroxyl groups excluding tert-OH is 2. The third kappa shape index (κ3) is 4.29. The number of H-pyrrole nitrogens is 1. The van der Waals surface area contributed by atoms with Crippen LogP contribution in [0.25, 0.3) is 0 Å². The number of aliphatic hydroxyl groups is 2. The molecule has 1 aliphatic heterocycles. The van der Waals surface area contributed by atoms with Gasteiger partial charge in [0.25, 0.3) is 5.56 Å². The molecule has 0 saturated carbocycles. The van der Waals surface area contributed by atoms with Gasteiger partial charge in [0, 0.05) is 12.6 Å². The molecule has 1 aliphatic rings. The molecule has 0 spiro atoms. The maximum atomic E-state index is 12.1. The Bertz CT molecular complexity index is 721. The van der Waals surface area contributed by atoms with Crippen molar-refractivity contribution in [3.8, 4) is 0 Å². The zero-order valence-corrected chi connectivity index (χ0v) is 16.4. The molecular formula is C16H28N2O6Si. The quantitative estimate of drug-likeness (QED) is 0.656. The maximum Gasteiger partial charge on any atom is 0.330 e. The standard InChI is InChI=1S/C16H28N2O6Si/c1-16(2,3)25(4,5)23-9-10-7-18(15(22)17-14(10)21)13-6-11(20)12(8-19)24-13/h7,11-13,19-20H,6,8-9H2,1-5H3,(H,17,21,22)/t11-,12+,13+/m0/s1. The van der Waals surface area contributed by atoms with Crippen molar-refractivity contribution in [2.45, 2.75) is 70.4 Å². The largest absolute Gasteiger partial charge is 0.412 e. The van der Waals surface area contributed by atoms with Crippen LogP contribution < -0.4 is 11.2 Å². The van der Waals surface area contributed by atoms with Gasteiger partial charge in [-0.2, -0.15) is 0 Å². The number of aromatic amines is 1. The molecule has 8 nitrogen and oxygen atoms in total. The fraction of sp³-hybridized carbons (Fsp3) is 0.750. The van der Waals surface area contributed by atoms with Crippen molar-refractivity contribution in [3.05, 3.63) is 32.6 Å². The lowest BCUT2D eigenvalue weighted by Gasteiger charge is -2.36. The van der Waals surface area contributed by atoms with E-state index in [2.05, 4.69) is 38.8 Å². The number of rotatable bonds is 5. The van der Waals surface area contributed by atoms with Gasteiger partial charge in [-0.1, -0.05) is 20.8 Å². The lowest BCUT2D eigenvalue weighted by atomic mass is 10.2. The Hall–Kier alpha value is -1.26. The summed E-state index contributed by atoms with van der Waals surface area (Å²) in [5, 5.41) is 19.0. The first-order valence-corrected chi connectivity index (χ1v) is 11.3. The molecule has 0 unspecified atom stereocenters. The predicted octanol–water partition coefficient (Wildman–Crippen LogP) is 0.699. The molecule has 3 atom stereocenters. The van der Waals surface area contributed by atoms with Crippen molar-refractivity contribution in [1.82, 2.24) is 9.55 Å². The Morgan fingerprint density at radius 3 is 2.56 bits per heavy atom. The highest BCUT2D eigenvalue weighted by atomic mass is 28.4. The van der Waals surface area contributed by atoms with Gasteiger partial charge in [-0.15, -0.1) is 0 Å². The highest BCUT2D eigenvalue weighted by molar-refractivity contribution is 6.74. The van der Waals surface area contributed by atoms with Crippen molar-refractivity contribution < 1.29 is 19.4 Å². The molecule has 3 N–H and O–H groups in total. The zero-order chi connectivity index (χ0) is 19.0. The van der Waals surface area contributed by atoms with E-state index in [1.54, 1.807) is 0 Å². The van der Waals surface area contributed by atoms with Crippen LogP contribution in [-0.2, 0) is 15.8 Å². The summed E-state index contributed by atoms with van der Waals surface area (Å²) in [7, 11) is -2.05. The van der Waals surface area contributed by atoms with Gasteiger partial charge in [-0.05, 0) is 18.1 Å². The van der Waals surface area contributed by atoms with Gasteiger partial charge in [-0.25, -0.2) is 4.79 Å². The molecule has 142 valence electrons. The van der Waals surface area contributed by atoms with Crippen LogP contribution in [0.5, 0.6) is 0 Å². The van der Waals surface area contributed by atoms with Gasteiger partial charge in [-0.3, -0.25) is 14.3 Å². The lowest BCUT2D eigenvalue weighted by molar-refractivity contribution is -0.0460. The first-order chi connectivity index (χ1) is 11.5. The number of ether oxygens (including phenoxy) is 1. The Balaban J connectivity index is 2.24. The molecule has 0 aromatic carbocycles. The van der Waals surface area contributed by atoms with E-state index >= 15 is 0 Å². The second kappa shape index (κ2) is 7.16. The van der Waals surface area contributed by atoms with Gasteiger partial charge in [0.15, 0.2) is 8.32 Å². The van der Waals surface area contributed by atoms with Crippen LogP contribution in [0.4, 0.5) is 0 Å². The van der Waals surface area contributed by atoms with Crippen molar-refractivity contribution in [2.75, 3.05) is 6.61 Å². The topological polar surface area (TPSA) is 114 Å². The summed E-state index contributed by atoms with van der Waals surface area (Å²) < 4.78 is 12.8. The molecule has 1 aromatic heterocycles. The highest BCUT2D eigenvalue weighted by Crippen LogP contribution is 2.37. The first-order valence-electron chi connectivity index (χ1n) is 8.39. The van der Waals surface area contributed by atoms with Crippen LogP contribution in [0.2, 0.25) is 18.1 Å². The second-order valence-electron chi connectivity index (χ2n) is 7.98. The lowest BCUT2D eigenvalue weighted by Crippen LogP contribution is -2.41. The molecular weight excluding hydrogens is 344 g/mol. The molecule has 2 rings (SSSR count). The van der Waals surface area contributed by atoms with E-state index in [4.69, 9.17) is 9.16 Å². The minimum absolute atomic E-state index is 0.00122. The molecule has 1 aromatic rings. The molecule has 0 amide bonds. The Labute approximate surface area is 147 Å². The maximum absolute atomic E-state index is 12.1. The summed E-state index contributed by atoms with van der Waals surface area (Å²) in [5.74, 6) is 0. The van der Waals surface area contributed by atoms with E-state index in [9.17, 15) is 19.8 Å². The van der Waals surface area contributed by atoms with E-state index < -0.39 is 38.0 Å². The van der Waals surface area contributed by atoms with Gasteiger partial charge < -0.3 is 19.4 Å². The third-order valence-electron chi connectivity index (χ3n) is 5.13. The van der Waals surface area contributed by atoms with Gasteiger partial charge in [0.05, 0.1) is 24.9 Å². The van der Waals surface area contributed by atoms with Gasteiger partial charge in [0.1, 0.15) is 12.3 Å². The van der Waals surface area contributed by atoms with Crippen molar-refractivity contribution in [1.29, 1.82) is 0 Å². The zero-order valence-electron chi connectivity index (χ0n) is 15.4. The van der Waals surface area contributed by atoms with E-state index in [0.29, 0.717) is 5.56 Å². The summed E-state index contributed by atoms with van der Waals surface area (Å²) in [6.45, 7) is 10.2. The SMILES string of the molecule is CC(C)(C)[Si](C)(C)OCc1cn([C@H]2C[C@H](O)[C@@H](CO)O2)c(=O)[nH]c1=O. The van der Waals surface area contributed by atoms with Gasteiger partial charge in [0.2, 0.25) is 0 Å². The molecule has 1 fully saturated rings. The average molecular weight is 372 g/mol. The molecule has 9 heteroatoms. The predicted molar refractivity (Wildman–Crippen MR) is 94.9 cm³/mol. The third-order valence-corrected chi connectivity index (χ3v) is 9.61. The smallest absolute Gasteiger partial charge is 0.330 e. The number of nitrogens with zero attached hydrogens (tertiary/aromatic N) is 1. The summed E-state index contributed by atoms with van der Waals surface area (Å²) in [6.07, 6.45) is -0.745.